The minimum Gasteiger partial charge on any atom is -0.480 e. The van der Waals surface area contributed by atoms with E-state index in [0.29, 0.717) is 12.3 Å². The quantitative estimate of drug-likeness (QED) is 0.761. The largest absolute Gasteiger partial charge is 0.480 e. The van der Waals surface area contributed by atoms with Crippen molar-refractivity contribution >= 4 is 29.7 Å². The zero-order valence-electron chi connectivity index (χ0n) is 11.3. The summed E-state index contributed by atoms with van der Waals surface area (Å²) in [5.74, 6) is -0.863. The summed E-state index contributed by atoms with van der Waals surface area (Å²) < 4.78 is 0. The molecular formula is C11H19N3O4S. The van der Waals surface area contributed by atoms with Gasteiger partial charge in [-0.2, -0.15) is 0 Å². The number of carboxylic acids is 1. The average molecular weight is 289 g/mol. The fraction of sp³-hybridized carbons (Fsp3) is 0.727. The molecule has 0 aromatic carbocycles. The van der Waals surface area contributed by atoms with E-state index in [4.69, 9.17) is 5.11 Å². The maximum Gasteiger partial charge on any atom is 0.327 e. The number of hydrogen-bond acceptors (Lipinski definition) is 4. The number of nitrogens with one attached hydrogen (secondary N) is 1. The van der Waals surface area contributed by atoms with Gasteiger partial charge in [-0.25, -0.2) is 9.59 Å². The van der Waals surface area contributed by atoms with Crippen LogP contribution < -0.4 is 5.32 Å². The number of hydrogen-bond donors (Lipinski definition) is 2. The molecule has 0 saturated carbocycles. The van der Waals surface area contributed by atoms with Crippen molar-refractivity contribution in [2.75, 3.05) is 25.9 Å². The lowest BCUT2D eigenvalue weighted by Crippen LogP contribution is -2.51. The summed E-state index contributed by atoms with van der Waals surface area (Å²) in [7, 11) is 1.64. The van der Waals surface area contributed by atoms with Crippen LogP contribution in [-0.2, 0) is 9.59 Å². The highest BCUT2D eigenvalue weighted by Crippen LogP contribution is 2.28. The van der Waals surface area contributed by atoms with Crippen LogP contribution in [0.4, 0.5) is 4.79 Å². The fourth-order valence-corrected chi connectivity index (χ4v) is 2.86. The van der Waals surface area contributed by atoms with Crippen LogP contribution in [0.1, 0.15) is 13.8 Å². The summed E-state index contributed by atoms with van der Waals surface area (Å²) in [4.78, 5) is 37.3. The molecule has 1 aliphatic heterocycles. The second kappa shape index (κ2) is 6.65. The monoisotopic (exact) mass is 289 g/mol. The smallest absolute Gasteiger partial charge is 0.327 e. The highest BCUT2D eigenvalue weighted by Gasteiger charge is 2.39. The molecule has 0 radical (unpaired) electrons. The van der Waals surface area contributed by atoms with Crippen LogP contribution in [-0.4, -0.2) is 70.1 Å². The summed E-state index contributed by atoms with van der Waals surface area (Å²) in [6, 6.07) is -1.35. The molecule has 108 valence electrons. The Hall–Kier alpha value is -1.44. The normalized spacial score (nSPS) is 22.2. The Morgan fingerprint density at radius 3 is 2.63 bits per heavy atom. The van der Waals surface area contributed by atoms with E-state index in [-0.39, 0.29) is 17.8 Å². The van der Waals surface area contributed by atoms with Gasteiger partial charge in [0.25, 0.3) is 0 Å². The number of nitrogens with zero attached hydrogens (tertiary/aromatic N) is 2. The van der Waals surface area contributed by atoms with Gasteiger partial charge in [-0.1, -0.05) is 0 Å². The van der Waals surface area contributed by atoms with Gasteiger partial charge in [0.05, 0.1) is 11.9 Å². The van der Waals surface area contributed by atoms with Crippen molar-refractivity contribution in [1.82, 2.24) is 15.1 Å². The molecule has 2 N–H and O–H groups in total. The Morgan fingerprint density at radius 2 is 2.11 bits per heavy atom. The molecule has 1 aliphatic rings. The number of thioether (sulfide) groups is 1. The van der Waals surface area contributed by atoms with E-state index < -0.39 is 18.0 Å². The highest BCUT2D eigenvalue weighted by molar-refractivity contribution is 8.00. The highest BCUT2D eigenvalue weighted by atomic mass is 32.2. The lowest BCUT2D eigenvalue weighted by Gasteiger charge is -2.25. The van der Waals surface area contributed by atoms with Gasteiger partial charge in [0.15, 0.2) is 0 Å². The van der Waals surface area contributed by atoms with E-state index >= 15 is 0 Å². The number of likely N-dealkylation sites (N-methyl/N-ethyl adjacent to an activating group) is 1. The molecule has 0 aliphatic carbocycles. The third kappa shape index (κ3) is 3.76. The topological polar surface area (TPSA) is 90.0 Å². The van der Waals surface area contributed by atoms with Gasteiger partial charge < -0.3 is 15.3 Å². The Bertz CT molecular complexity index is 377. The van der Waals surface area contributed by atoms with Gasteiger partial charge in [-0.15, -0.1) is 11.8 Å². The number of urea groups is 1. The van der Waals surface area contributed by atoms with Crippen LogP contribution in [0, 0.1) is 0 Å². The van der Waals surface area contributed by atoms with Gasteiger partial charge in [0.2, 0.25) is 5.91 Å². The van der Waals surface area contributed by atoms with Crippen LogP contribution in [0.25, 0.3) is 0 Å². The molecule has 3 amide bonds. The third-order valence-corrected chi connectivity index (χ3v) is 4.25. The molecule has 8 heteroatoms. The van der Waals surface area contributed by atoms with Crippen LogP contribution in [0.5, 0.6) is 0 Å². The molecule has 1 rings (SSSR count). The second-order valence-electron chi connectivity index (χ2n) is 4.26. The van der Waals surface area contributed by atoms with E-state index in [0.717, 1.165) is 0 Å². The first-order chi connectivity index (χ1) is 8.88. The summed E-state index contributed by atoms with van der Waals surface area (Å²) >= 11 is 1.40. The molecule has 19 heavy (non-hydrogen) atoms. The number of rotatable bonds is 4. The first-order valence-electron chi connectivity index (χ1n) is 6.03. The number of amides is 3. The molecule has 2 unspecified atom stereocenters. The lowest BCUT2D eigenvalue weighted by atomic mass is 10.3. The van der Waals surface area contributed by atoms with Crippen molar-refractivity contribution in [3.05, 3.63) is 0 Å². The summed E-state index contributed by atoms with van der Waals surface area (Å²) in [6.07, 6.45) is 0. The van der Waals surface area contributed by atoms with Gasteiger partial charge in [0.1, 0.15) is 6.04 Å². The van der Waals surface area contributed by atoms with Crippen molar-refractivity contribution in [2.24, 2.45) is 0 Å². The summed E-state index contributed by atoms with van der Waals surface area (Å²) in [6.45, 7) is 4.04. The molecule has 0 spiro atoms. The van der Waals surface area contributed by atoms with E-state index in [1.807, 2.05) is 6.92 Å². The maximum atomic E-state index is 12.0. The SMILES string of the molecule is CCN(C)C(=O)CNC(=O)N1C(C)SCC1C(=O)O. The van der Waals surface area contributed by atoms with Crippen molar-refractivity contribution in [2.45, 2.75) is 25.3 Å². The molecule has 1 saturated heterocycles. The first kappa shape index (κ1) is 15.6. The van der Waals surface area contributed by atoms with Crippen molar-refractivity contribution in [3.63, 3.8) is 0 Å². The first-order valence-corrected chi connectivity index (χ1v) is 7.07. The van der Waals surface area contributed by atoms with E-state index in [9.17, 15) is 14.4 Å². The molecular weight excluding hydrogens is 270 g/mol. The standard InChI is InChI=1S/C11H19N3O4S/c1-4-13(3)9(15)5-12-11(18)14-7(2)19-6-8(14)10(16)17/h7-8H,4-6H2,1-3H3,(H,12,18)(H,16,17). The summed E-state index contributed by atoms with van der Waals surface area (Å²) in [5.41, 5.74) is 0. The molecule has 7 nitrogen and oxygen atoms in total. The molecule has 2 atom stereocenters. The number of aliphatic carboxylic acids is 1. The number of carbonyl (C=O) groups excluding carboxylic acids is 2. The van der Waals surface area contributed by atoms with Gasteiger partial charge in [0, 0.05) is 19.3 Å². The molecule has 1 heterocycles. The van der Waals surface area contributed by atoms with Crippen LogP contribution in [0.3, 0.4) is 0 Å². The van der Waals surface area contributed by atoms with Crippen LogP contribution >= 0.6 is 11.8 Å². The zero-order chi connectivity index (χ0) is 14.6. The predicted molar refractivity (Wildman–Crippen MR) is 71.9 cm³/mol. The van der Waals surface area contributed by atoms with Crippen LogP contribution in [0.2, 0.25) is 0 Å². The Kier molecular flexibility index (Phi) is 5.46. The van der Waals surface area contributed by atoms with Crippen molar-refractivity contribution in [1.29, 1.82) is 0 Å². The van der Waals surface area contributed by atoms with Gasteiger partial charge in [-0.05, 0) is 13.8 Å². The number of carboxylic acid groups (broad SMARTS) is 1. The van der Waals surface area contributed by atoms with E-state index in [2.05, 4.69) is 5.32 Å². The third-order valence-electron chi connectivity index (χ3n) is 3.03. The van der Waals surface area contributed by atoms with E-state index in [1.54, 1.807) is 14.0 Å². The summed E-state index contributed by atoms with van der Waals surface area (Å²) in [5, 5.41) is 11.3. The van der Waals surface area contributed by atoms with Crippen LogP contribution in [0.15, 0.2) is 0 Å². The van der Waals surface area contributed by atoms with Crippen molar-refractivity contribution < 1.29 is 19.5 Å². The Morgan fingerprint density at radius 1 is 1.47 bits per heavy atom. The minimum absolute atomic E-state index is 0.122. The van der Waals surface area contributed by atoms with Gasteiger partial charge in [-0.3, -0.25) is 9.69 Å². The predicted octanol–water partition coefficient (Wildman–Crippen LogP) is 0.0223. The molecule has 0 bridgehead atoms. The van der Waals surface area contributed by atoms with E-state index in [1.165, 1.54) is 21.6 Å². The van der Waals surface area contributed by atoms with Gasteiger partial charge >= 0.3 is 12.0 Å². The molecule has 0 aromatic rings. The fourth-order valence-electron chi connectivity index (χ4n) is 1.70. The number of carbonyl (C=O) groups is 3. The van der Waals surface area contributed by atoms with Crippen molar-refractivity contribution in [3.8, 4) is 0 Å². The maximum absolute atomic E-state index is 12.0. The molecule has 0 aromatic heterocycles. The Labute approximate surface area is 116 Å². The average Bonchev–Trinajstić information content (AvgIpc) is 2.76. The minimum atomic E-state index is -1.02. The molecule has 1 fully saturated rings. The second-order valence-corrected chi connectivity index (χ2v) is 5.61. The Balaban J connectivity index is 2.57. The zero-order valence-corrected chi connectivity index (χ0v) is 12.1. The lowest BCUT2D eigenvalue weighted by molar-refractivity contribution is -0.141.